The topological polar surface area (TPSA) is 74.6 Å². The summed E-state index contributed by atoms with van der Waals surface area (Å²) >= 11 is 0. The molecule has 0 saturated carbocycles. The quantitative estimate of drug-likeness (QED) is 0.840. The van der Waals surface area contributed by atoms with Crippen molar-refractivity contribution in [1.29, 1.82) is 0 Å². The van der Waals surface area contributed by atoms with Crippen molar-refractivity contribution in [3.8, 4) is 0 Å². The normalized spacial score (nSPS) is 11.2. The highest BCUT2D eigenvalue weighted by atomic mass is 28.1. The summed E-state index contributed by atoms with van der Waals surface area (Å²) in [7, 11) is 1.24. The summed E-state index contributed by atoms with van der Waals surface area (Å²) < 4.78 is 0. The predicted octanol–water partition coefficient (Wildman–Crippen LogP) is 2.45. The molecule has 5 heteroatoms. The maximum absolute atomic E-state index is 10.6. The maximum Gasteiger partial charge on any atom is 0.335 e. The molecule has 4 nitrogen and oxygen atoms in total. The molecule has 0 fully saturated rings. The van der Waals surface area contributed by atoms with Gasteiger partial charge in [-0.2, -0.15) is 0 Å². The van der Waals surface area contributed by atoms with Crippen LogP contribution in [0.5, 0.6) is 0 Å². The van der Waals surface area contributed by atoms with Gasteiger partial charge in [-0.15, -0.1) is 0 Å². The second-order valence-corrected chi connectivity index (χ2v) is 6.22. The van der Waals surface area contributed by atoms with Crippen LogP contribution in [0.2, 0.25) is 0 Å². The van der Waals surface area contributed by atoms with E-state index in [4.69, 9.17) is 10.2 Å². The van der Waals surface area contributed by atoms with E-state index in [-0.39, 0.29) is 16.7 Å². The number of carbonyl (C=O) groups is 2. The van der Waals surface area contributed by atoms with E-state index in [1.165, 1.54) is 41.8 Å². The van der Waals surface area contributed by atoms with E-state index in [2.05, 4.69) is 20.8 Å². The SMILES string of the molecule is CCC(C)=C(C)[SiH3].Cc1c(C(=O)O)cccc1C(=O)O. The molecule has 1 rings (SSSR count). The average Bonchev–Trinajstić information content (AvgIpc) is 2.37. The Morgan fingerprint density at radius 2 is 1.50 bits per heavy atom. The van der Waals surface area contributed by atoms with Gasteiger partial charge in [0, 0.05) is 10.2 Å². The van der Waals surface area contributed by atoms with Crippen molar-refractivity contribution >= 4 is 22.2 Å². The number of hydrogen-bond donors (Lipinski definition) is 2. The molecule has 0 spiro atoms. The first-order valence-electron chi connectivity index (χ1n) is 6.41. The average molecular weight is 294 g/mol. The van der Waals surface area contributed by atoms with E-state index in [0.717, 1.165) is 0 Å². The van der Waals surface area contributed by atoms with E-state index in [0.29, 0.717) is 0 Å². The fraction of sp³-hybridized carbons (Fsp3) is 0.333. The second-order valence-electron chi connectivity index (χ2n) is 4.72. The molecule has 110 valence electrons. The van der Waals surface area contributed by atoms with Crippen LogP contribution in [0.15, 0.2) is 29.0 Å². The predicted molar refractivity (Wildman–Crippen MR) is 83.7 cm³/mol. The number of hydrogen-bond acceptors (Lipinski definition) is 2. The van der Waals surface area contributed by atoms with Gasteiger partial charge in [-0.1, -0.05) is 23.8 Å². The van der Waals surface area contributed by atoms with Crippen LogP contribution in [-0.4, -0.2) is 32.4 Å². The van der Waals surface area contributed by atoms with Crippen molar-refractivity contribution in [3.05, 3.63) is 45.7 Å². The van der Waals surface area contributed by atoms with Crippen molar-refractivity contribution in [1.82, 2.24) is 0 Å². The van der Waals surface area contributed by atoms with Gasteiger partial charge >= 0.3 is 11.9 Å². The fourth-order valence-electron chi connectivity index (χ4n) is 1.45. The third kappa shape index (κ3) is 5.40. The highest BCUT2D eigenvalue weighted by Gasteiger charge is 2.13. The molecule has 0 aromatic heterocycles. The second kappa shape index (κ2) is 8.32. The van der Waals surface area contributed by atoms with E-state index in [1.807, 2.05) is 0 Å². The number of benzene rings is 1. The van der Waals surface area contributed by atoms with E-state index in [9.17, 15) is 9.59 Å². The van der Waals surface area contributed by atoms with Crippen molar-refractivity contribution in [2.75, 3.05) is 0 Å². The number of aromatic carboxylic acids is 2. The Kier molecular flexibility index (Phi) is 7.54. The van der Waals surface area contributed by atoms with E-state index >= 15 is 0 Å². The Hall–Kier alpha value is -1.88. The highest BCUT2D eigenvalue weighted by molar-refractivity contribution is 6.21. The zero-order valence-corrected chi connectivity index (χ0v) is 14.7. The maximum atomic E-state index is 10.6. The van der Waals surface area contributed by atoms with Crippen LogP contribution in [0.3, 0.4) is 0 Å². The lowest BCUT2D eigenvalue weighted by atomic mass is 10.0. The molecular formula is C15H22O4Si. The molecule has 0 bridgehead atoms. The zero-order valence-electron chi connectivity index (χ0n) is 12.7. The van der Waals surface area contributed by atoms with Crippen molar-refractivity contribution in [2.24, 2.45) is 0 Å². The van der Waals surface area contributed by atoms with Gasteiger partial charge in [-0.05, 0) is 44.9 Å². The first-order chi connectivity index (χ1) is 9.22. The molecule has 1 aromatic carbocycles. The Labute approximate surface area is 122 Å². The summed E-state index contributed by atoms with van der Waals surface area (Å²) in [4.78, 5) is 21.2. The third-order valence-corrected chi connectivity index (χ3v) is 4.03. The van der Waals surface area contributed by atoms with Crippen LogP contribution in [0.4, 0.5) is 0 Å². The van der Waals surface area contributed by atoms with E-state index < -0.39 is 11.9 Å². The van der Waals surface area contributed by atoms with Crippen molar-refractivity contribution < 1.29 is 19.8 Å². The molecule has 0 unspecified atom stereocenters. The first kappa shape index (κ1) is 18.1. The van der Waals surface area contributed by atoms with Crippen molar-refractivity contribution in [2.45, 2.75) is 34.1 Å². The van der Waals surface area contributed by atoms with Crippen LogP contribution in [-0.2, 0) is 0 Å². The molecule has 0 aliphatic rings. The molecule has 0 saturated heterocycles. The lowest BCUT2D eigenvalue weighted by molar-refractivity contribution is 0.0696. The van der Waals surface area contributed by atoms with Crippen LogP contribution < -0.4 is 0 Å². The number of rotatable bonds is 3. The van der Waals surface area contributed by atoms with Gasteiger partial charge < -0.3 is 10.2 Å². The van der Waals surface area contributed by atoms with Gasteiger partial charge in [0.2, 0.25) is 0 Å². The number of carboxylic acids is 2. The largest absolute Gasteiger partial charge is 0.478 e. The molecule has 0 amide bonds. The van der Waals surface area contributed by atoms with Crippen LogP contribution in [0, 0.1) is 6.92 Å². The minimum atomic E-state index is -1.11. The minimum absolute atomic E-state index is 0.0277. The number of carboxylic acid groups (broad SMARTS) is 2. The summed E-state index contributed by atoms with van der Waals surface area (Å²) in [6.45, 7) is 8.11. The Morgan fingerprint density at radius 3 is 1.70 bits per heavy atom. The first-order valence-corrected chi connectivity index (χ1v) is 7.41. The smallest absolute Gasteiger partial charge is 0.335 e. The summed E-state index contributed by atoms with van der Waals surface area (Å²) in [5.74, 6) is -2.22. The summed E-state index contributed by atoms with van der Waals surface area (Å²) in [6, 6.07) is 4.17. The Bertz CT molecular complexity index is 496. The van der Waals surface area contributed by atoms with Gasteiger partial charge in [-0.25, -0.2) is 9.59 Å². The summed E-state index contributed by atoms with van der Waals surface area (Å²) in [5, 5.41) is 19.0. The molecule has 20 heavy (non-hydrogen) atoms. The summed E-state index contributed by atoms with van der Waals surface area (Å²) in [5.41, 5.74) is 1.91. The van der Waals surface area contributed by atoms with Gasteiger partial charge in [0.1, 0.15) is 0 Å². The molecule has 0 aliphatic heterocycles. The van der Waals surface area contributed by atoms with Gasteiger partial charge in [0.15, 0.2) is 0 Å². The van der Waals surface area contributed by atoms with Gasteiger partial charge in [-0.3, -0.25) is 0 Å². The van der Waals surface area contributed by atoms with Crippen LogP contribution >= 0.6 is 0 Å². The zero-order chi connectivity index (χ0) is 15.9. The standard InChI is InChI=1S/C9H8O4.C6H14Si/c1-5-6(8(10)11)3-2-4-7(5)9(12)13;1-4-5(2)6(3)7/h2-4H,1H3,(H,10,11)(H,12,13);4H2,1-3,7H3. The molecular weight excluding hydrogens is 272 g/mol. The molecule has 0 radical (unpaired) electrons. The van der Waals surface area contributed by atoms with Crippen LogP contribution in [0.25, 0.3) is 0 Å². The molecule has 0 heterocycles. The lowest BCUT2D eigenvalue weighted by Gasteiger charge is -2.03. The highest BCUT2D eigenvalue weighted by Crippen LogP contribution is 2.13. The minimum Gasteiger partial charge on any atom is -0.478 e. The molecule has 0 atom stereocenters. The molecule has 1 aromatic rings. The van der Waals surface area contributed by atoms with Gasteiger partial charge in [0.25, 0.3) is 0 Å². The van der Waals surface area contributed by atoms with E-state index in [1.54, 1.807) is 10.8 Å². The molecule has 2 N–H and O–H groups in total. The van der Waals surface area contributed by atoms with Crippen molar-refractivity contribution in [3.63, 3.8) is 0 Å². The van der Waals surface area contributed by atoms with Gasteiger partial charge in [0.05, 0.1) is 11.1 Å². The number of allylic oxidation sites excluding steroid dienone is 2. The lowest BCUT2D eigenvalue weighted by Crippen LogP contribution is -2.06. The Morgan fingerprint density at radius 1 is 1.10 bits per heavy atom. The monoisotopic (exact) mass is 294 g/mol. The third-order valence-electron chi connectivity index (χ3n) is 3.18. The Balaban J connectivity index is 0.000000441. The summed E-state index contributed by atoms with van der Waals surface area (Å²) in [6.07, 6.45) is 1.23. The molecule has 0 aliphatic carbocycles. The fourth-order valence-corrected chi connectivity index (χ4v) is 1.81. The van der Waals surface area contributed by atoms with Crippen LogP contribution in [0.1, 0.15) is 53.5 Å².